The van der Waals surface area contributed by atoms with Crippen molar-refractivity contribution in [2.45, 2.75) is 11.4 Å². The summed E-state index contributed by atoms with van der Waals surface area (Å²) < 4.78 is 27.0. The van der Waals surface area contributed by atoms with Gasteiger partial charge in [0, 0.05) is 24.8 Å². The second-order valence-electron chi connectivity index (χ2n) is 4.05. The van der Waals surface area contributed by atoms with Crippen LogP contribution in [-0.4, -0.2) is 20.4 Å². The number of hydrogen-bond acceptors (Lipinski definition) is 4. The Bertz CT molecular complexity index is 687. The minimum atomic E-state index is -3.62. The van der Waals surface area contributed by atoms with Gasteiger partial charge >= 0.3 is 0 Å². The van der Waals surface area contributed by atoms with Crippen LogP contribution in [0.4, 0.5) is 5.82 Å². The molecule has 0 aliphatic rings. The van der Waals surface area contributed by atoms with Gasteiger partial charge in [-0.25, -0.2) is 18.1 Å². The lowest BCUT2D eigenvalue weighted by Crippen LogP contribution is -2.24. The molecule has 0 unspecified atom stereocenters. The zero-order chi connectivity index (χ0) is 14.6. The molecule has 0 spiro atoms. The Morgan fingerprint density at radius 2 is 1.90 bits per heavy atom. The first kappa shape index (κ1) is 14.8. The Labute approximate surface area is 123 Å². The zero-order valence-electron chi connectivity index (χ0n) is 10.8. The molecule has 2 aromatic rings. The molecule has 20 heavy (non-hydrogen) atoms. The van der Waals surface area contributed by atoms with E-state index in [1.807, 2.05) is 0 Å². The van der Waals surface area contributed by atoms with Gasteiger partial charge in [0.25, 0.3) is 0 Å². The first-order valence-electron chi connectivity index (χ1n) is 5.90. The van der Waals surface area contributed by atoms with E-state index >= 15 is 0 Å². The Morgan fingerprint density at radius 1 is 1.20 bits per heavy atom. The SMILES string of the molecule is CNc1ncccc1S(=O)(=O)NCc1ccc(Cl)cc1. The topological polar surface area (TPSA) is 71.1 Å². The van der Waals surface area contributed by atoms with E-state index in [1.165, 1.54) is 12.3 Å². The van der Waals surface area contributed by atoms with Crippen molar-refractivity contribution in [1.82, 2.24) is 9.71 Å². The quantitative estimate of drug-likeness (QED) is 0.888. The van der Waals surface area contributed by atoms with Gasteiger partial charge in [-0.1, -0.05) is 23.7 Å². The van der Waals surface area contributed by atoms with Crippen LogP contribution < -0.4 is 10.0 Å². The second-order valence-corrected chi connectivity index (χ2v) is 6.22. The number of anilines is 1. The van der Waals surface area contributed by atoms with Gasteiger partial charge in [0.2, 0.25) is 10.0 Å². The largest absolute Gasteiger partial charge is 0.372 e. The summed E-state index contributed by atoms with van der Waals surface area (Å²) >= 11 is 5.78. The standard InChI is InChI=1S/C13H14ClN3O2S/c1-15-13-12(3-2-8-16-13)20(18,19)17-9-10-4-6-11(14)7-5-10/h2-8,17H,9H2,1H3,(H,15,16). The first-order valence-corrected chi connectivity index (χ1v) is 7.76. The highest BCUT2D eigenvalue weighted by Crippen LogP contribution is 2.17. The molecule has 0 atom stereocenters. The number of rotatable bonds is 5. The van der Waals surface area contributed by atoms with Crippen LogP contribution in [0.2, 0.25) is 5.02 Å². The van der Waals surface area contributed by atoms with E-state index in [0.717, 1.165) is 5.56 Å². The molecule has 0 saturated carbocycles. The maximum Gasteiger partial charge on any atom is 0.244 e. The zero-order valence-corrected chi connectivity index (χ0v) is 12.4. The number of nitrogens with one attached hydrogen (secondary N) is 2. The minimum Gasteiger partial charge on any atom is -0.372 e. The van der Waals surface area contributed by atoms with Crippen molar-refractivity contribution < 1.29 is 8.42 Å². The molecule has 1 aromatic heterocycles. The van der Waals surface area contributed by atoms with Crippen LogP contribution in [0, 0.1) is 0 Å². The fourth-order valence-corrected chi connectivity index (χ4v) is 2.96. The van der Waals surface area contributed by atoms with Gasteiger partial charge in [-0.15, -0.1) is 0 Å². The molecule has 1 aromatic carbocycles. The van der Waals surface area contributed by atoms with E-state index in [0.29, 0.717) is 10.8 Å². The van der Waals surface area contributed by atoms with Crippen molar-refractivity contribution in [2.24, 2.45) is 0 Å². The summed E-state index contributed by atoms with van der Waals surface area (Å²) in [6.07, 6.45) is 1.53. The van der Waals surface area contributed by atoms with Crippen LogP contribution in [0.1, 0.15) is 5.56 Å². The number of sulfonamides is 1. The molecule has 106 valence electrons. The second kappa shape index (κ2) is 6.21. The molecule has 0 amide bonds. The fourth-order valence-electron chi connectivity index (χ4n) is 1.65. The lowest BCUT2D eigenvalue weighted by atomic mass is 10.2. The van der Waals surface area contributed by atoms with Crippen LogP contribution in [0.15, 0.2) is 47.5 Å². The maximum atomic E-state index is 12.2. The molecule has 0 saturated heterocycles. The third-order valence-electron chi connectivity index (χ3n) is 2.68. The summed E-state index contributed by atoms with van der Waals surface area (Å²) in [6, 6.07) is 10.1. The third kappa shape index (κ3) is 3.47. The number of halogens is 1. The number of pyridine rings is 1. The summed E-state index contributed by atoms with van der Waals surface area (Å²) in [4.78, 5) is 4.10. The lowest BCUT2D eigenvalue weighted by molar-refractivity contribution is 0.581. The van der Waals surface area contributed by atoms with Crippen molar-refractivity contribution in [1.29, 1.82) is 0 Å². The molecule has 2 rings (SSSR count). The van der Waals surface area contributed by atoms with Gasteiger partial charge < -0.3 is 5.32 Å². The van der Waals surface area contributed by atoms with E-state index in [4.69, 9.17) is 11.6 Å². The van der Waals surface area contributed by atoms with E-state index < -0.39 is 10.0 Å². The summed E-state index contributed by atoms with van der Waals surface area (Å²) in [7, 11) is -1.99. The van der Waals surface area contributed by atoms with Crippen molar-refractivity contribution in [2.75, 3.05) is 12.4 Å². The molecule has 0 aliphatic carbocycles. The number of hydrogen-bond donors (Lipinski definition) is 2. The predicted octanol–water partition coefficient (Wildman–Crippen LogP) is 2.26. The van der Waals surface area contributed by atoms with Crippen molar-refractivity contribution in [3.63, 3.8) is 0 Å². The highest BCUT2D eigenvalue weighted by molar-refractivity contribution is 7.89. The highest BCUT2D eigenvalue weighted by atomic mass is 35.5. The van der Waals surface area contributed by atoms with Gasteiger partial charge in [0.1, 0.15) is 10.7 Å². The maximum absolute atomic E-state index is 12.2. The molecule has 1 heterocycles. The Kier molecular flexibility index (Phi) is 4.59. The summed E-state index contributed by atoms with van der Waals surface area (Å²) in [5, 5.41) is 3.37. The van der Waals surface area contributed by atoms with Gasteiger partial charge in [0.05, 0.1) is 0 Å². The molecule has 0 aliphatic heterocycles. The molecule has 2 N–H and O–H groups in total. The van der Waals surface area contributed by atoms with Crippen molar-refractivity contribution >= 4 is 27.4 Å². The predicted molar refractivity (Wildman–Crippen MR) is 79.3 cm³/mol. The van der Waals surface area contributed by atoms with Crippen LogP contribution in [0.5, 0.6) is 0 Å². The molecule has 0 radical (unpaired) electrons. The normalized spacial score (nSPS) is 11.3. The van der Waals surface area contributed by atoms with Crippen molar-refractivity contribution in [3.05, 3.63) is 53.2 Å². The highest BCUT2D eigenvalue weighted by Gasteiger charge is 2.18. The van der Waals surface area contributed by atoms with Gasteiger partial charge in [-0.2, -0.15) is 0 Å². The van der Waals surface area contributed by atoms with Crippen LogP contribution in [0.25, 0.3) is 0 Å². The molecular formula is C13H14ClN3O2S. The molecule has 7 heteroatoms. The fraction of sp³-hybridized carbons (Fsp3) is 0.154. The summed E-state index contributed by atoms with van der Waals surface area (Å²) in [5.41, 5.74) is 0.827. The van der Waals surface area contributed by atoms with E-state index in [1.54, 1.807) is 37.4 Å². The van der Waals surface area contributed by atoms with E-state index in [9.17, 15) is 8.42 Å². The van der Waals surface area contributed by atoms with Gasteiger partial charge in [-0.3, -0.25) is 0 Å². The third-order valence-corrected chi connectivity index (χ3v) is 4.36. The summed E-state index contributed by atoms with van der Waals surface area (Å²) in [5.74, 6) is 0.316. The first-order chi connectivity index (χ1) is 9.53. The van der Waals surface area contributed by atoms with Crippen molar-refractivity contribution in [3.8, 4) is 0 Å². The average molecular weight is 312 g/mol. The average Bonchev–Trinajstić information content (AvgIpc) is 2.46. The Morgan fingerprint density at radius 3 is 2.55 bits per heavy atom. The lowest BCUT2D eigenvalue weighted by Gasteiger charge is -2.10. The van der Waals surface area contributed by atoms with E-state index in [2.05, 4.69) is 15.0 Å². The number of aromatic nitrogens is 1. The van der Waals surface area contributed by atoms with Gasteiger partial charge in [0.15, 0.2) is 0 Å². The number of benzene rings is 1. The molecule has 0 fully saturated rings. The monoisotopic (exact) mass is 311 g/mol. The van der Waals surface area contributed by atoms with Crippen LogP contribution in [0.3, 0.4) is 0 Å². The number of nitrogens with zero attached hydrogens (tertiary/aromatic N) is 1. The Hall–Kier alpha value is -1.63. The molecule has 0 bridgehead atoms. The van der Waals surface area contributed by atoms with E-state index in [-0.39, 0.29) is 11.4 Å². The van der Waals surface area contributed by atoms with Crippen LogP contribution >= 0.6 is 11.6 Å². The molecular weight excluding hydrogens is 298 g/mol. The summed E-state index contributed by atoms with van der Waals surface area (Å²) in [6.45, 7) is 0.192. The van der Waals surface area contributed by atoms with Gasteiger partial charge in [-0.05, 0) is 29.8 Å². The minimum absolute atomic E-state index is 0.122. The molecule has 5 nitrogen and oxygen atoms in total. The smallest absolute Gasteiger partial charge is 0.244 e. The Balaban J connectivity index is 2.17. The van der Waals surface area contributed by atoms with Crippen LogP contribution in [-0.2, 0) is 16.6 Å².